The Morgan fingerprint density at radius 3 is 2.52 bits per heavy atom. The Balaban J connectivity index is 1.68. The zero-order valence-electron chi connectivity index (χ0n) is 11.2. The number of hydrogen-bond donors (Lipinski definition) is 1. The van der Waals surface area contributed by atoms with Crippen LogP contribution in [0.3, 0.4) is 0 Å². The highest BCUT2D eigenvalue weighted by atomic mass is 19.1. The predicted molar refractivity (Wildman–Crippen MR) is 76.3 cm³/mol. The molecule has 1 aromatic heterocycles. The fraction of sp³-hybridized carbons (Fsp3) is 0.188. The summed E-state index contributed by atoms with van der Waals surface area (Å²) in [6.07, 6.45) is 0.626. The smallest absolute Gasteiger partial charge is 0.163 e. The standard InChI is InChI=1S/C16H13FN2O2/c17-11-3-1-10(2-4-11)7-16-18-12-8-14-15(9-13(12)19-16)21-6-5-20-14/h1-4,8-9H,5-7H2,(H,18,19). The third-order valence-corrected chi connectivity index (χ3v) is 3.48. The van der Waals surface area contributed by atoms with Crippen LogP contribution in [0.1, 0.15) is 11.4 Å². The topological polar surface area (TPSA) is 47.1 Å². The van der Waals surface area contributed by atoms with Gasteiger partial charge in [-0.2, -0.15) is 0 Å². The predicted octanol–water partition coefficient (Wildman–Crippen LogP) is 3.06. The molecule has 0 bridgehead atoms. The van der Waals surface area contributed by atoms with E-state index in [1.165, 1.54) is 12.1 Å². The number of rotatable bonds is 2. The van der Waals surface area contributed by atoms with Gasteiger partial charge in [-0.25, -0.2) is 9.37 Å². The molecule has 0 unspecified atom stereocenters. The summed E-state index contributed by atoms with van der Waals surface area (Å²) < 4.78 is 24.0. The van der Waals surface area contributed by atoms with Gasteiger partial charge in [-0.05, 0) is 17.7 Å². The van der Waals surface area contributed by atoms with E-state index in [0.717, 1.165) is 33.9 Å². The van der Waals surface area contributed by atoms with Gasteiger partial charge in [0, 0.05) is 18.6 Å². The minimum Gasteiger partial charge on any atom is -0.486 e. The first-order valence-corrected chi connectivity index (χ1v) is 6.80. The van der Waals surface area contributed by atoms with Crippen molar-refractivity contribution in [2.24, 2.45) is 0 Å². The fourth-order valence-electron chi connectivity index (χ4n) is 2.48. The van der Waals surface area contributed by atoms with Crippen molar-refractivity contribution < 1.29 is 13.9 Å². The first-order valence-electron chi connectivity index (χ1n) is 6.80. The molecule has 5 heteroatoms. The number of nitrogens with one attached hydrogen (secondary N) is 1. The number of halogens is 1. The average Bonchev–Trinajstić information content (AvgIpc) is 2.88. The Morgan fingerprint density at radius 1 is 1.05 bits per heavy atom. The molecule has 0 aliphatic carbocycles. The second kappa shape index (κ2) is 4.77. The Labute approximate surface area is 120 Å². The molecule has 0 spiro atoms. The number of imidazole rings is 1. The summed E-state index contributed by atoms with van der Waals surface area (Å²) in [7, 11) is 0. The molecule has 0 saturated carbocycles. The van der Waals surface area contributed by atoms with Crippen LogP contribution in [0.15, 0.2) is 36.4 Å². The zero-order valence-corrected chi connectivity index (χ0v) is 11.2. The summed E-state index contributed by atoms with van der Waals surface area (Å²) in [4.78, 5) is 7.82. The number of aromatic nitrogens is 2. The second-order valence-corrected chi connectivity index (χ2v) is 5.00. The van der Waals surface area contributed by atoms with Crippen molar-refractivity contribution in [2.45, 2.75) is 6.42 Å². The molecule has 1 aliphatic heterocycles. The van der Waals surface area contributed by atoms with Gasteiger partial charge in [-0.15, -0.1) is 0 Å². The maximum Gasteiger partial charge on any atom is 0.163 e. The largest absolute Gasteiger partial charge is 0.486 e. The van der Waals surface area contributed by atoms with E-state index < -0.39 is 0 Å². The van der Waals surface area contributed by atoms with Crippen molar-refractivity contribution in [3.8, 4) is 11.5 Å². The Morgan fingerprint density at radius 2 is 1.76 bits per heavy atom. The number of nitrogens with zero attached hydrogens (tertiary/aromatic N) is 1. The molecule has 1 N–H and O–H groups in total. The second-order valence-electron chi connectivity index (χ2n) is 5.00. The molecule has 1 aliphatic rings. The van der Waals surface area contributed by atoms with Crippen LogP contribution in [0.2, 0.25) is 0 Å². The Kier molecular flexibility index (Phi) is 2.77. The quantitative estimate of drug-likeness (QED) is 0.786. The lowest BCUT2D eigenvalue weighted by atomic mass is 10.1. The molecular formula is C16H13FN2O2. The first-order chi connectivity index (χ1) is 10.3. The summed E-state index contributed by atoms with van der Waals surface area (Å²) in [6, 6.07) is 10.2. The molecule has 0 radical (unpaired) electrons. The number of aromatic amines is 1. The fourth-order valence-corrected chi connectivity index (χ4v) is 2.48. The molecule has 4 nitrogen and oxygen atoms in total. The lowest BCUT2D eigenvalue weighted by molar-refractivity contribution is 0.172. The molecule has 0 amide bonds. The Bertz CT molecular complexity index is 753. The number of ether oxygens (including phenoxy) is 2. The van der Waals surface area contributed by atoms with Crippen LogP contribution >= 0.6 is 0 Å². The van der Waals surface area contributed by atoms with Gasteiger partial charge in [0.15, 0.2) is 11.5 Å². The van der Waals surface area contributed by atoms with Crippen molar-refractivity contribution in [3.63, 3.8) is 0 Å². The third-order valence-electron chi connectivity index (χ3n) is 3.48. The normalized spacial score (nSPS) is 13.6. The lowest BCUT2D eigenvalue weighted by Crippen LogP contribution is -2.15. The highest BCUT2D eigenvalue weighted by Crippen LogP contribution is 2.33. The van der Waals surface area contributed by atoms with E-state index in [0.29, 0.717) is 19.6 Å². The van der Waals surface area contributed by atoms with Gasteiger partial charge in [-0.1, -0.05) is 12.1 Å². The van der Waals surface area contributed by atoms with Gasteiger partial charge in [0.05, 0.1) is 11.0 Å². The van der Waals surface area contributed by atoms with Crippen LogP contribution in [0.4, 0.5) is 4.39 Å². The van der Waals surface area contributed by atoms with Gasteiger partial charge >= 0.3 is 0 Å². The average molecular weight is 284 g/mol. The summed E-state index contributed by atoms with van der Waals surface area (Å²) in [6.45, 7) is 1.13. The van der Waals surface area contributed by atoms with Gasteiger partial charge in [-0.3, -0.25) is 0 Å². The van der Waals surface area contributed by atoms with Crippen LogP contribution in [0.25, 0.3) is 11.0 Å². The zero-order chi connectivity index (χ0) is 14.2. The molecule has 21 heavy (non-hydrogen) atoms. The Hall–Kier alpha value is -2.56. The first kappa shape index (κ1) is 12.2. The van der Waals surface area contributed by atoms with E-state index in [4.69, 9.17) is 9.47 Å². The maximum absolute atomic E-state index is 12.9. The molecule has 0 saturated heterocycles. The number of benzene rings is 2. The van der Waals surface area contributed by atoms with E-state index in [1.807, 2.05) is 12.1 Å². The minimum atomic E-state index is -0.231. The van der Waals surface area contributed by atoms with Gasteiger partial charge in [0.25, 0.3) is 0 Å². The highest BCUT2D eigenvalue weighted by molar-refractivity contribution is 5.80. The molecule has 2 heterocycles. The van der Waals surface area contributed by atoms with E-state index in [1.54, 1.807) is 12.1 Å². The molecule has 3 aromatic rings. The third kappa shape index (κ3) is 2.31. The van der Waals surface area contributed by atoms with Crippen LogP contribution in [-0.2, 0) is 6.42 Å². The molecule has 106 valence electrons. The van der Waals surface area contributed by atoms with Gasteiger partial charge < -0.3 is 14.5 Å². The highest BCUT2D eigenvalue weighted by Gasteiger charge is 2.14. The maximum atomic E-state index is 12.9. The van der Waals surface area contributed by atoms with E-state index >= 15 is 0 Å². The molecule has 0 fully saturated rings. The van der Waals surface area contributed by atoms with Crippen molar-refractivity contribution in [3.05, 3.63) is 53.6 Å². The monoisotopic (exact) mass is 284 g/mol. The number of H-pyrrole nitrogens is 1. The SMILES string of the molecule is Fc1ccc(Cc2nc3cc4c(cc3[nH]2)OCCO4)cc1. The van der Waals surface area contributed by atoms with Crippen LogP contribution < -0.4 is 9.47 Å². The minimum absolute atomic E-state index is 0.231. The van der Waals surface area contributed by atoms with Crippen molar-refractivity contribution in [1.82, 2.24) is 9.97 Å². The van der Waals surface area contributed by atoms with E-state index in [-0.39, 0.29) is 5.82 Å². The van der Waals surface area contributed by atoms with E-state index in [9.17, 15) is 4.39 Å². The van der Waals surface area contributed by atoms with Gasteiger partial charge in [0.2, 0.25) is 0 Å². The van der Waals surface area contributed by atoms with Crippen LogP contribution in [0, 0.1) is 5.82 Å². The van der Waals surface area contributed by atoms with Crippen LogP contribution in [0.5, 0.6) is 11.5 Å². The van der Waals surface area contributed by atoms with Crippen molar-refractivity contribution in [2.75, 3.05) is 13.2 Å². The lowest BCUT2D eigenvalue weighted by Gasteiger charge is -2.17. The van der Waals surface area contributed by atoms with Crippen molar-refractivity contribution in [1.29, 1.82) is 0 Å². The molecule has 0 atom stereocenters. The van der Waals surface area contributed by atoms with E-state index in [2.05, 4.69) is 9.97 Å². The molecular weight excluding hydrogens is 271 g/mol. The summed E-state index contributed by atoms with van der Waals surface area (Å²) >= 11 is 0. The molecule has 4 rings (SSSR count). The van der Waals surface area contributed by atoms with Crippen LogP contribution in [-0.4, -0.2) is 23.2 Å². The van der Waals surface area contributed by atoms with Crippen molar-refractivity contribution >= 4 is 11.0 Å². The summed E-state index contributed by atoms with van der Waals surface area (Å²) in [5.41, 5.74) is 2.76. The summed E-state index contributed by atoms with van der Waals surface area (Å²) in [5.74, 6) is 2.07. The number of hydrogen-bond acceptors (Lipinski definition) is 3. The van der Waals surface area contributed by atoms with Gasteiger partial charge in [0.1, 0.15) is 24.9 Å². The molecule has 2 aromatic carbocycles. The number of fused-ring (bicyclic) bond motifs is 2. The summed E-state index contributed by atoms with van der Waals surface area (Å²) in [5, 5.41) is 0.